The predicted octanol–water partition coefficient (Wildman–Crippen LogP) is 11.6. The summed E-state index contributed by atoms with van der Waals surface area (Å²) in [5, 5.41) is 0. The van der Waals surface area contributed by atoms with Crippen molar-refractivity contribution in [2.24, 2.45) is 0 Å². The van der Waals surface area contributed by atoms with Gasteiger partial charge in [0.15, 0.2) is 0 Å². The van der Waals surface area contributed by atoms with E-state index >= 15 is 0 Å². The Bertz CT molecular complexity index is 1360. The predicted molar refractivity (Wildman–Crippen MR) is 202 cm³/mol. The molecule has 6 rings (SSSR count). The number of aromatic nitrogens is 1. The fraction of sp³-hybridized carbons (Fsp3) is 0.410. The van der Waals surface area contributed by atoms with E-state index in [-0.39, 0.29) is 14.4 Å². The van der Waals surface area contributed by atoms with Gasteiger partial charge in [0.2, 0.25) is 0 Å². The number of rotatable bonds is 8. The van der Waals surface area contributed by atoms with Gasteiger partial charge in [-0.25, -0.2) is 4.98 Å². The maximum absolute atomic E-state index is 5.06. The summed E-state index contributed by atoms with van der Waals surface area (Å²) in [4.78, 5) is 13.8. The van der Waals surface area contributed by atoms with E-state index in [1.54, 1.807) is 0 Å². The van der Waals surface area contributed by atoms with Crippen LogP contribution in [0.25, 0.3) is 0 Å². The molecule has 0 aliphatic carbocycles. The van der Waals surface area contributed by atoms with Crippen LogP contribution in [0.5, 0.6) is 0 Å². The molecule has 1 fully saturated rings. The zero-order valence-electron chi connectivity index (χ0n) is 29.6. The number of hydrogen-bond donors (Lipinski definition) is 0. The quantitative estimate of drug-likeness (QED) is 0.215. The standard InChI is InChI=1S/C35H43N5.C4H8O.2ClH.V/c1-24(2)28-12-9-13-29(25(3)4)34(28)39-20-18-37(22-39)32-16-11-17-33(36-32)38-19-21-40(23-38)35-30(26(5)6)14-10-15-31(35)27(7)8;1-2-4-5-3-1;;;/h9-27H,1-8H3;1-4H2;2*1H;/q-2;;;;+2/p-2. The number of hydrogen-bond acceptors (Lipinski definition) is 6. The molecule has 0 saturated carbocycles. The monoisotopic (exact) mass is 726 g/mol. The molecule has 0 radical (unpaired) electrons. The van der Waals surface area contributed by atoms with E-state index in [2.05, 4.69) is 168 Å². The van der Waals surface area contributed by atoms with Gasteiger partial charge in [-0.3, -0.25) is 0 Å². The summed E-state index contributed by atoms with van der Waals surface area (Å²) in [6.45, 7) is 24.4. The van der Waals surface area contributed by atoms with Crippen LogP contribution >= 0.6 is 19.7 Å². The second kappa shape index (κ2) is 18.4. The number of benzene rings is 2. The first kappa shape index (κ1) is 38.2. The van der Waals surface area contributed by atoms with E-state index in [4.69, 9.17) is 29.4 Å². The van der Waals surface area contributed by atoms with Crippen LogP contribution in [-0.2, 0) is 19.1 Å². The fourth-order valence-electron chi connectivity index (χ4n) is 6.07. The van der Waals surface area contributed by atoms with Gasteiger partial charge in [-0.05, 0) is 95.7 Å². The molecule has 0 spiro atoms. The molecule has 48 heavy (non-hydrogen) atoms. The van der Waals surface area contributed by atoms with Crippen LogP contribution in [0.2, 0.25) is 0 Å². The van der Waals surface area contributed by atoms with Gasteiger partial charge in [0.25, 0.3) is 0 Å². The molecule has 259 valence electrons. The van der Waals surface area contributed by atoms with Crippen LogP contribution in [0.3, 0.4) is 0 Å². The van der Waals surface area contributed by atoms with Crippen molar-refractivity contribution in [1.82, 2.24) is 4.98 Å². The average molecular weight is 728 g/mol. The number of anilines is 4. The minimum absolute atomic E-state index is 0.368. The summed E-state index contributed by atoms with van der Waals surface area (Å²) in [5.74, 6) is 3.50. The van der Waals surface area contributed by atoms with Crippen LogP contribution in [0.4, 0.5) is 23.0 Å². The molecule has 1 saturated heterocycles. The van der Waals surface area contributed by atoms with Gasteiger partial charge in [-0.1, -0.05) is 97.9 Å². The molecule has 3 aliphatic heterocycles. The van der Waals surface area contributed by atoms with Crippen molar-refractivity contribution < 1.29 is 19.1 Å². The normalized spacial score (nSPS) is 15.5. The van der Waals surface area contributed by atoms with Crippen molar-refractivity contribution in [1.29, 1.82) is 0 Å². The third kappa shape index (κ3) is 9.54. The van der Waals surface area contributed by atoms with Crippen molar-refractivity contribution in [2.75, 3.05) is 32.8 Å². The zero-order valence-corrected chi connectivity index (χ0v) is 32.6. The molecule has 9 heteroatoms. The first-order valence-corrected chi connectivity index (χ1v) is 20.8. The van der Waals surface area contributed by atoms with Gasteiger partial charge in [-0.2, -0.15) is 0 Å². The SMILES string of the molecule is C1CCOC1.CC(C)c1cccc(C(C)C)c1N1C=CN(c2cccc(N3C=CN(c4c(C(C)C)cccc4C(C)C)[CH-]3)n2)[CH-]1.[Cl][V][Cl]. The van der Waals surface area contributed by atoms with Crippen LogP contribution < -0.4 is 19.6 Å². The Kier molecular flexibility index (Phi) is 14.6. The molecule has 1 aromatic heterocycles. The maximum atomic E-state index is 5.06. The molecule has 0 bridgehead atoms. The van der Waals surface area contributed by atoms with E-state index in [0.717, 1.165) is 24.8 Å². The first-order chi connectivity index (χ1) is 23.1. The number of ether oxygens (including phenoxy) is 1. The molecule has 4 heterocycles. The Morgan fingerprint density at radius 3 is 1.17 bits per heavy atom. The molecule has 3 aliphatic rings. The first-order valence-electron chi connectivity index (χ1n) is 17.0. The van der Waals surface area contributed by atoms with Crippen LogP contribution in [-0.4, -0.2) is 18.2 Å². The molecule has 0 N–H and O–H groups in total. The summed E-state index contributed by atoms with van der Waals surface area (Å²) in [6, 6.07) is 19.6. The Balaban J connectivity index is 0.000000577. The van der Waals surface area contributed by atoms with Crippen LogP contribution in [0.15, 0.2) is 79.4 Å². The van der Waals surface area contributed by atoms with Gasteiger partial charge >= 0.3 is 34.1 Å². The number of pyridine rings is 1. The minimum atomic E-state index is -0.368. The van der Waals surface area contributed by atoms with Crippen molar-refractivity contribution in [2.45, 2.75) is 91.9 Å². The average Bonchev–Trinajstić information content (AvgIpc) is 3.89. The van der Waals surface area contributed by atoms with Crippen LogP contribution in [0, 0.1) is 13.3 Å². The Labute approximate surface area is 305 Å². The third-order valence-corrected chi connectivity index (χ3v) is 8.55. The molecule has 6 nitrogen and oxygen atoms in total. The zero-order chi connectivity index (χ0) is 34.8. The Morgan fingerprint density at radius 1 is 0.562 bits per heavy atom. The number of para-hydroxylation sites is 2. The molecular weight excluding hydrogens is 676 g/mol. The van der Waals surface area contributed by atoms with Crippen molar-refractivity contribution in [3.05, 3.63) is 115 Å². The van der Waals surface area contributed by atoms with Crippen molar-refractivity contribution in [3.8, 4) is 0 Å². The molecular formula is C39H51Cl2N5OV-2. The number of nitrogens with zero attached hydrogens (tertiary/aromatic N) is 5. The second-order valence-electron chi connectivity index (χ2n) is 13.4. The second-order valence-corrected chi connectivity index (χ2v) is 15.7. The van der Waals surface area contributed by atoms with E-state index in [9.17, 15) is 0 Å². The summed E-state index contributed by atoms with van der Waals surface area (Å²) >= 11 is -0.368. The Hall–Kier alpha value is -2.61. The fourth-order valence-corrected chi connectivity index (χ4v) is 6.07. The van der Waals surface area contributed by atoms with E-state index in [0.29, 0.717) is 23.7 Å². The van der Waals surface area contributed by atoms with E-state index in [1.807, 2.05) is 0 Å². The summed E-state index contributed by atoms with van der Waals surface area (Å²) in [6.07, 6.45) is 11.0. The van der Waals surface area contributed by atoms with Gasteiger partial charge < -0.3 is 24.3 Å². The topological polar surface area (TPSA) is 35.1 Å². The molecule has 0 amide bonds. The molecule has 0 atom stereocenters. The van der Waals surface area contributed by atoms with Gasteiger partial charge in [-0.15, -0.1) is 13.3 Å². The van der Waals surface area contributed by atoms with Gasteiger partial charge in [0, 0.05) is 24.6 Å². The Morgan fingerprint density at radius 2 is 0.875 bits per heavy atom. The van der Waals surface area contributed by atoms with E-state index in [1.165, 1.54) is 46.5 Å². The summed E-state index contributed by atoms with van der Waals surface area (Å²) < 4.78 is 4.94. The van der Waals surface area contributed by atoms with Crippen molar-refractivity contribution >= 4 is 42.7 Å². The summed E-state index contributed by atoms with van der Waals surface area (Å²) in [5.41, 5.74) is 7.98. The number of halogens is 2. The van der Waals surface area contributed by atoms with Gasteiger partial charge in [0.05, 0.1) is 0 Å². The molecule has 2 aromatic carbocycles. The third-order valence-electron chi connectivity index (χ3n) is 8.55. The molecule has 3 aromatic rings. The summed E-state index contributed by atoms with van der Waals surface area (Å²) in [7, 11) is 9.72. The van der Waals surface area contributed by atoms with Crippen LogP contribution in [0.1, 0.15) is 114 Å². The van der Waals surface area contributed by atoms with Crippen molar-refractivity contribution in [3.63, 3.8) is 0 Å². The van der Waals surface area contributed by atoms with Gasteiger partial charge in [0.1, 0.15) is 11.6 Å². The molecule has 0 unspecified atom stereocenters. The van der Waals surface area contributed by atoms with E-state index < -0.39 is 0 Å².